The number of esters is 2. The van der Waals surface area contributed by atoms with E-state index in [0.29, 0.717) is 13.2 Å². The fourth-order valence-electron chi connectivity index (χ4n) is 10.1. The van der Waals surface area contributed by atoms with Gasteiger partial charge in [-0.15, -0.1) is 0 Å². The smallest absolute Gasteiger partial charge is 0.331 e. The minimum atomic E-state index is -0.447. The van der Waals surface area contributed by atoms with E-state index in [-0.39, 0.29) is 0 Å². The molecule has 68 heavy (non-hydrogen) atoms. The van der Waals surface area contributed by atoms with Crippen molar-refractivity contribution in [3.63, 3.8) is 0 Å². The maximum atomic E-state index is 12.0. The summed E-state index contributed by atoms with van der Waals surface area (Å²) in [6, 6.07) is 0. The van der Waals surface area contributed by atoms with Crippen molar-refractivity contribution in [2.75, 3.05) is 13.2 Å². The van der Waals surface area contributed by atoms with Crippen molar-refractivity contribution in [2.45, 2.75) is 373 Å². The van der Waals surface area contributed by atoms with E-state index >= 15 is 0 Å². The maximum Gasteiger partial charge on any atom is 0.331 e. The number of unbranched alkanes of at least 4 members (excludes halogenated alkanes) is 54. The van der Waals surface area contributed by atoms with E-state index in [2.05, 4.69) is 13.8 Å². The quantitative estimate of drug-likeness (QED) is 0.0346. The average Bonchev–Trinajstić information content (AvgIpc) is 3.34. The first-order chi connectivity index (χ1) is 33.7. The van der Waals surface area contributed by atoms with Gasteiger partial charge in [0.1, 0.15) is 0 Å². The van der Waals surface area contributed by atoms with Crippen molar-refractivity contribution in [3.05, 3.63) is 12.2 Å². The summed E-state index contributed by atoms with van der Waals surface area (Å²) < 4.78 is 10.6. The highest BCUT2D eigenvalue weighted by Gasteiger charge is 2.03. The molecule has 0 unspecified atom stereocenters. The summed E-state index contributed by atoms with van der Waals surface area (Å²) in [5.41, 5.74) is 0. The van der Waals surface area contributed by atoms with E-state index in [9.17, 15) is 9.59 Å². The molecule has 0 radical (unpaired) electrons. The molecule has 0 heterocycles. The average molecular weight is 958 g/mol. The van der Waals surface area contributed by atoms with Crippen LogP contribution in [0.1, 0.15) is 373 Å². The van der Waals surface area contributed by atoms with Gasteiger partial charge in [-0.3, -0.25) is 0 Å². The monoisotopic (exact) mass is 957 g/mol. The van der Waals surface area contributed by atoms with E-state index in [4.69, 9.17) is 9.47 Å². The Kier molecular flexibility index (Phi) is 60.6. The van der Waals surface area contributed by atoms with E-state index in [0.717, 1.165) is 25.7 Å². The van der Waals surface area contributed by atoms with Crippen LogP contribution in [0.4, 0.5) is 0 Å². The molecule has 0 aliphatic carbocycles. The van der Waals surface area contributed by atoms with Crippen molar-refractivity contribution >= 4 is 11.9 Å². The van der Waals surface area contributed by atoms with Gasteiger partial charge in [-0.05, 0) is 12.8 Å². The Morgan fingerprint density at radius 2 is 0.324 bits per heavy atom. The molecule has 0 atom stereocenters. The lowest BCUT2D eigenvalue weighted by molar-refractivity contribution is -0.140. The van der Waals surface area contributed by atoms with Crippen molar-refractivity contribution < 1.29 is 19.1 Å². The van der Waals surface area contributed by atoms with Crippen LogP contribution in [-0.4, -0.2) is 25.2 Å². The summed E-state index contributed by atoms with van der Waals surface area (Å²) >= 11 is 0. The third-order valence-electron chi connectivity index (χ3n) is 14.8. The molecular formula is C64H124O4. The van der Waals surface area contributed by atoms with Crippen LogP contribution in [0, 0.1) is 0 Å². The van der Waals surface area contributed by atoms with Crippen LogP contribution in [-0.2, 0) is 19.1 Å². The highest BCUT2D eigenvalue weighted by molar-refractivity contribution is 5.91. The van der Waals surface area contributed by atoms with Crippen LogP contribution in [0.2, 0.25) is 0 Å². The third-order valence-corrected chi connectivity index (χ3v) is 14.8. The molecule has 0 aliphatic heterocycles. The number of hydrogen-bond acceptors (Lipinski definition) is 4. The Morgan fingerprint density at radius 3 is 0.456 bits per heavy atom. The van der Waals surface area contributed by atoms with Gasteiger partial charge >= 0.3 is 11.9 Å². The molecule has 0 amide bonds. The van der Waals surface area contributed by atoms with Crippen LogP contribution in [0.25, 0.3) is 0 Å². The second kappa shape index (κ2) is 61.8. The fourth-order valence-corrected chi connectivity index (χ4v) is 10.1. The largest absolute Gasteiger partial charge is 0.463 e. The van der Waals surface area contributed by atoms with Gasteiger partial charge < -0.3 is 9.47 Å². The molecular weight excluding hydrogens is 833 g/mol. The second-order valence-corrected chi connectivity index (χ2v) is 21.8. The minimum Gasteiger partial charge on any atom is -0.463 e. The van der Waals surface area contributed by atoms with Gasteiger partial charge in [0.25, 0.3) is 0 Å². The predicted octanol–water partition coefficient (Wildman–Crippen LogP) is 22.5. The zero-order valence-electron chi connectivity index (χ0n) is 46.8. The minimum absolute atomic E-state index is 0.428. The zero-order chi connectivity index (χ0) is 49.0. The molecule has 0 saturated heterocycles. The van der Waals surface area contributed by atoms with Crippen LogP contribution < -0.4 is 0 Å². The fraction of sp³-hybridized carbons (Fsp3) is 0.938. The zero-order valence-corrected chi connectivity index (χ0v) is 46.8. The van der Waals surface area contributed by atoms with Gasteiger partial charge in [0.05, 0.1) is 13.2 Å². The molecule has 0 rings (SSSR count). The molecule has 0 aliphatic rings. The first-order valence-corrected chi connectivity index (χ1v) is 31.7. The summed E-state index contributed by atoms with van der Waals surface area (Å²) in [6.07, 6.45) is 80.2. The van der Waals surface area contributed by atoms with Crippen LogP contribution in [0.15, 0.2) is 12.2 Å². The van der Waals surface area contributed by atoms with E-state index in [1.54, 1.807) is 0 Å². The van der Waals surface area contributed by atoms with Gasteiger partial charge in [0.15, 0.2) is 0 Å². The molecule has 4 nitrogen and oxygen atoms in total. The lowest BCUT2D eigenvalue weighted by atomic mass is 10.0. The van der Waals surface area contributed by atoms with Crippen molar-refractivity contribution in [1.29, 1.82) is 0 Å². The molecule has 0 saturated carbocycles. The van der Waals surface area contributed by atoms with E-state index in [1.807, 2.05) is 0 Å². The highest BCUT2D eigenvalue weighted by Crippen LogP contribution is 2.19. The molecule has 0 N–H and O–H groups in total. The number of ether oxygens (including phenoxy) is 2. The predicted molar refractivity (Wildman–Crippen MR) is 301 cm³/mol. The molecule has 4 heteroatoms. The topological polar surface area (TPSA) is 52.6 Å². The third kappa shape index (κ3) is 60.8. The molecule has 404 valence electrons. The van der Waals surface area contributed by atoms with E-state index < -0.39 is 11.9 Å². The molecule has 0 bridgehead atoms. The first-order valence-electron chi connectivity index (χ1n) is 31.7. The summed E-state index contributed by atoms with van der Waals surface area (Å²) in [4.78, 5) is 24.0. The summed E-state index contributed by atoms with van der Waals surface area (Å²) in [7, 11) is 0. The van der Waals surface area contributed by atoms with Crippen molar-refractivity contribution in [3.8, 4) is 0 Å². The Balaban J connectivity index is 3.26. The van der Waals surface area contributed by atoms with Crippen molar-refractivity contribution in [1.82, 2.24) is 0 Å². The first kappa shape index (κ1) is 66.7. The SMILES string of the molecule is CCCCCCCCCCCCCCCCCCCCCCCCCCCCCCOC(=O)/C=C\C(=O)OCCCCCCCCCCCCCCCCCCCCCCCCCCCCCC. The molecule has 0 aromatic carbocycles. The van der Waals surface area contributed by atoms with Crippen LogP contribution in [0.3, 0.4) is 0 Å². The van der Waals surface area contributed by atoms with Gasteiger partial charge in [0, 0.05) is 12.2 Å². The highest BCUT2D eigenvalue weighted by atomic mass is 16.5. The maximum absolute atomic E-state index is 12.0. The van der Waals surface area contributed by atoms with Gasteiger partial charge in [-0.2, -0.15) is 0 Å². The lowest BCUT2D eigenvalue weighted by Crippen LogP contribution is -2.06. The van der Waals surface area contributed by atoms with Gasteiger partial charge in [-0.1, -0.05) is 361 Å². The van der Waals surface area contributed by atoms with Crippen LogP contribution in [0.5, 0.6) is 0 Å². The summed E-state index contributed by atoms with van der Waals surface area (Å²) in [6.45, 7) is 5.46. The van der Waals surface area contributed by atoms with Gasteiger partial charge in [0.2, 0.25) is 0 Å². The standard InChI is InChI=1S/C64H124O4/c1-3-5-7-9-11-13-15-17-19-21-23-25-27-29-31-33-35-37-39-41-43-45-47-49-51-53-55-57-61-67-63(65)59-60-64(66)68-62-58-56-54-52-50-48-46-44-42-40-38-36-34-32-30-28-26-24-22-20-18-16-14-12-10-8-6-4-2/h59-60H,3-58,61-62H2,1-2H3/b60-59-. The molecule has 0 aromatic rings. The summed E-state index contributed by atoms with van der Waals surface area (Å²) in [5, 5.41) is 0. The Labute approximate surface area is 428 Å². The number of carbonyl (C=O) groups excluding carboxylic acids is 2. The summed E-state index contributed by atoms with van der Waals surface area (Å²) in [5.74, 6) is -0.893. The number of hydrogen-bond donors (Lipinski definition) is 0. The lowest BCUT2D eigenvalue weighted by Gasteiger charge is -2.05. The Bertz CT molecular complexity index is 899. The molecule has 0 aromatic heterocycles. The van der Waals surface area contributed by atoms with Crippen molar-refractivity contribution in [2.24, 2.45) is 0 Å². The van der Waals surface area contributed by atoms with Crippen LogP contribution >= 0.6 is 0 Å². The molecule has 0 spiro atoms. The normalized spacial score (nSPS) is 11.6. The van der Waals surface area contributed by atoms with Gasteiger partial charge in [-0.25, -0.2) is 9.59 Å². The second-order valence-electron chi connectivity index (χ2n) is 21.8. The Hall–Kier alpha value is -1.32. The molecule has 0 fully saturated rings. The Morgan fingerprint density at radius 1 is 0.206 bits per heavy atom. The van der Waals surface area contributed by atoms with E-state index in [1.165, 1.54) is 346 Å². The number of carbonyl (C=O) groups is 2. The number of rotatable bonds is 60.